The van der Waals surface area contributed by atoms with Crippen molar-refractivity contribution in [2.24, 2.45) is 0 Å². The van der Waals surface area contributed by atoms with E-state index in [-0.39, 0.29) is 5.60 Å². The second kappa shape index (κ2) is 5.99. The smallest absolute Gasteiger partial charge is 0.123 e. The summed E-state index contributed by atoms with van der Waals surface area (Å²) in [4.78, 5) is 5.50. The molecular formula is C16H21N3O2S. The molecule has 118 valence electrons. The molecule has 0 aliphatic carbocycles. The molecule has 1 saturated heterocycles. The molecule has 2 aliphatic heterocycles. The Balaban J connectivity index is 2.11. The summed E-state index contributed by atoms with van der Waals surface area (Å²) in [6.07, 6.45) is 1.65. The zero-order valence-electron chi connectivity index (χ0n) is 13.1. The summed E-state index contributed by atoms with van der Waals surface area (Å²) in [5.41, 5.74) is 2.52. The van der Waals surface area contributed by atoms with Crippen LogP contribution in [-0.2, 0) is 22.5 Å². The van der Waals surface area contributed by atoms with Crippen LogP contribution in [0.4, 0.5) is 5.82 Å². The van der Waals surface area contributed by atoms with Crippen LogP contribution in [0.15, 0.2) is 0 Å². The summed E-state index contributed by atoms with van der Waals surface area (Å²) < 4.78 is 12.0. The molecule has 0 saturated carbocycles. The number of pyridine rings is 1. The van der Waals surface area contributed by atoms with E-state index in [4.69, 9.17) is 21.7 Å². The highest BCUT2D eigenvalue weighted by atomic mass is 32.1. The van der Waals surface area contributed by atoms with Crippen molar-refractivity contribution >= 4 is 18.0 Å². The maximum absolute atomic E-state index is 9.51. The van der Waals surface area contributed by atoms with E-state index in [1.807, 2.05) is 0 Å². The average Bonchev–Trinajstić information content (AvgIpc) is 2.55. The largest absolute Gasteiger partial charge is 0.378 e. The number of nitrogens with one attached hydrogen (secondary N) is 1. The zero-order chi connectivity index (χ0) is 15.7. The van der Waals surface area contributed by atoms with Crippen LogP contribution < -0.4 is 4.90 Å². The number of rotatable bonds is 2. The van der Waals surface area contributed by atoms with Gasteiger partial charge in [0.2, 0.25) is 0 Å². The van der Waals surface area contributed by atoms with Crippen molar-refractivity contribution in [2.75, 3.05) is 31.2 Å². The Morgan fingerprint density at radius 3 is 2.73 bits per heavy atom. The summed E-state index contributed by atoms with van der Waals surface area (Å²) in [6, 6.07) is 2.28. The molecule has 0 spiro atoms. The summed E-state index contributed by atoms with van der Waals surface area (Å²) in [6.45, 7) is 7.82. The Kier molecular flexibility index (Phi) is 4.22. The number of aromatic amines is 1. The second-order valence-electron chi connectivity index (χ2n) is 6.11. The van der Waals surface area contributed by atoms with Crippen molar-refractivity contribution in [1.82, 2.24) is 4.98 Å². The van der Waals surface area contributed by atoms with Crippen LogP contribution in [0, 0.1) is 16.0 Å². The number of H-pyrrole nitrogens is 1. The molecule has 1 fully saturated rings. The normalized spacial score (nSPS) is 24.7. The Bertz CT molecular complexity index is 673. The van der Waals surface area contributed by atoms with E-state index in [1.54, 1.807) is 0 Å². The summed E-state index contributed by atoms with van der Waals surface area (Å²) in [5, 5.41) is 9.51. The lowest BCUT2D eigenvalue weighted by atomic mass is 9.86. The van der Waals surface area contributed by atoms with Crippen LogP contribution >= 0.6 is 12.2 Å². The summed E-state index contributed by atoms with van der Waals surface area (Å²) >= 11 is 5.43. The van der Waals surface area contributed by atoms with Gasteiger partial charge in [0.15, 0.2) is 0 Å². The molecule has 5 nitrogen and oxygen atoms in total. The van der Waals surface area contributed by atoms with Gasteiger partial charge in [-0.15, -0.1) is 0 Å². The Morgan fingerprint density at radius 2 is 2.09 bits per heavy atom. The third-order valence-electron chi connectivity index (χ3n) is 4.71. The number of hydrogen-bond acceptors (Lipinski definition) is 5. The third-order valence-corrected chi connectivity index (χ3v) is 5.02. The van der Waals surface area contributed by atoms with Gasteiger partial charge >= 0.3 is 0 Å². The molecule has 0 aromatic carbocycles. The zero-order valence-corrected chi connectivity index (χ0v) is 13.9. The first-order valence-electron chi connectivity index (χ1n) is 7.73. The monoisotopic (exact) mass is 319 g/mol. The lowest BCUT2D eigenvalue weighted by Crippen LogP contribution is -2.40. The lowest BCUT2D eigenvalue weighted by Gasteiger charge is -2.38. The number of aromatic nitrogens is 1. The molecule has 0 unspecified atom stereocenters. The quantitative estimate of drug-likeness (QED) is 0.849. The maximum Gasteiger partial charge on any atom is 0.123 e. The van der Waals surface area contributed by atoms with Crippen molar-refractivity contribution in [3.63, 3.8) is 0 Å². The number of hydrogen-bond donors (Lipinski definition) is 1. The van der Waals surface area contributed by atoms with E-state index in [0.717, 1.165) is 42.9 Å². The number of fused-ring (bicyclic) bond motifs is 1. The van der Waals surface area contributed by atoms with Gasteiger partial charge in [-0.1, -0.05) is 19.1 Å². The highest BCUT2D eigenvalue weighted by molar-refractivity contribution is 7.71. The molecular weight excluding hydrogens is 298 g/mol. The van der Waals surface area contributed by atoms with E-state index in [9.17, 15) is 5.26 Å². The highest BCUT2D eigenvalue weighted by Crippen LogP contribution is 2.36. The lowest BCUT2D eigenvalue weighted by molar-refractivity contribution is -0.0564. The molecule has 2 aliphatic rings. The fraction of sp³-hybridized carbons (Fsp3) is 0.625. The minimum absolute atomic E-state index is 0.218. The average molecular weight is 319 g/mol. The third kappa shape index (κ3) is 2.65. The van der Waals surface area contributed by atoms with Crippen molar-refractivity contribution in [2.45, 2.75) is 38.9 Å². The van der Waals surface area contributed by atoms with E-state index >= 15 is 0 Å². The van der Waals surface area contributed by atoms with Gasteiger partial charge in [-0.3, -0.25) is 0 Å². The first kappa shape index (κ1) is 15.5. The summed E-state index contributed by atoms with van der Waals surface area (Å²) in [5.74, 6) is 1.00. The number of nitriles is 1. The molecule has 0 radical (unpaired) electrons. The van der Waals surface area contributed by atoms with E-state index < -0.39 is 0 Å². The minimum Gasteiger partial charge on any atom is -0.378 e. The van der Waals surface area contributed by atoms with Gasteiger partial charge < -0.3 is 19.4 Å². The van der Waals surface area contributed by atoms with Crippen LogP contribution in [0.2, 0.25) is 0 Å². The number of nitrogens with zero attached hydrogens (tertiary/aromatic N) is 2. The first-order chi connectivity index (χ1) is 10.6. The number of morpholine rings is 1. The van der Waals surface area contributed by atoms with E-state index in [1.165, 1.54) is 0 Å². The molecule has 1 aromatic heterocycles. The van der Waals surface area contributed by atoms with Gasteiger partial charge in [0, 0.05) is 25.1 Å². The molecule has 1 N–H and O–H groups in total. The van der Waals surface area contributed by atoms with Crippen molar-refractivity contribution < 1.29 is 9.47 Å². The highest BCUT2D eigenvalue weighted by Gasteiger charge is 2.34. The van der Waals surface area contributed by atoms with Gasteiger partial charge in [-0.2, -0.15) is 5.26 Å². The van der Waals surface area contributed by atoms with Gasteiger partial charge in [0.05, 0.1) is 31.0 Å². The van der Waals surface area contributed by atoms with Crippen LogP contribution in [0.1, 0.15) is 37.0 Å². The maximum atomic E-state index is 9.51. The van der Waals surface area contributed by atoms with Gasteiger partial charge in [-0.05, 0) is 18.9 Å². The molecule has 1 aromatic rings. The molecule has 3 heterocycles. The molecule has 1 atom stereocenters. The molecule has 0 amide bonds. The number of ether oxygens (including phenoxy) is 2. The van der Waals surface area contributed by atoms with E-state index in [0.29, 0.717) is 30.0 Å². The number of anilines is 1. The minimum atomic E-state index is -0.218. The molecule has 6 heteroatoms. The first-order valence-corrected chi connectivity index (χ1v) is 8.13. The van der Waals surface area contributed by atoms with Crippen LogP contribution in [0.3, 0.4) is 0 Å². The topological polar surface area (TPSA) is 61.3 Å². The van der Waals surface area contributed by atoms with Gasteiger partial charge in [-0.25, -0.2) is 0 Å². The van der Waals surface area contributed by atoms with Crippen molar-refractivity contribution in [3.05, 3.63) is 21.3 Å². The Morgan fingerprint density at radius 1 is 1.36 bits per heavy atom. The fourth-order valence-electron chi connectivity index (χ4n) is 3.10. The Labute approximate surface area is 135 Å². The fourth-order valence-corrected chi connectivity index (χ4v) is 3.37. The summed E-state index contributed by atoms with van der Waals surface area (Å²) in [7, 11) is 0. The van der Waals surface area contributed by atoms with Crippen molar-refractivity contribution in [3.8, 4) is 6.07 Å². The van der Waals surface area contributed by atoms with Crippen LogP contribution in [0.5, 0.6) is 0 Å². The molecule has 0 bridgehead atoms. The second-order valence-corrected chi connectivity index (χ2v) is 6.52. The van der Waals surface area contributed by atoms with Crippen LogP contribution in [-0.4, -0.2) is 36.9 Å². The van der Waals surface area contributed by atoms with E-state index in [2.05, 4.69) is 29.8 Å². The van der Waals surface area contributed by atoms with Gasteiger partial charge in [0.25, 0.3) is 0 Å². The Hall–Kier alpha value is -1.42. The van der Waals surface area contributed by atoms with Crippen molar-refractivity contribution in [1.29, 1.82) is 5.26 Å². The molecule has 22 heavy (non-hydrogen) atoms. The molecule has 3 rings (SSSR count). The SMILES string of the molecule is CC[C@@]1(C)Cc2c(c(N3CCOCC3)[nH]c(=S)c2C#N)CO1. The van der Waals surface area contributed by atoms with Gasteiger partial charge in [0.1, 0.15) is 16.5 Å². The predicted octanol–water partition coefficient (Wildman–Crippen LogP) is 2.69. The predicted molar refractivity (Wildman–Crippen MR) is 86.6 cm³/mol. The standard InChI is InChI=1S/C16H21N3O2S/c1-3-16(2)8-11-12(9-17)15(22)18-14(13(11)10-21-16)19-4-6-20-7-5-19/h3-8,10H2,1-2H3,(H,18,22)/t16-/m0/s1. The van der Waals surface area contributed by atoms with Crippen LogP contribution in [0.25, 0.3) is 0 Å².